The van der Waals surface area contributed by atoms with Crippen molar-refractivity contribution in [2.45, 2.75) is 11.2 Å². The molecule has 36 heavy (non-hydrogen) atoms. The molecule has 1 heterocycles. The van der Waals surface area contributed by atoms with E-state index in [4.69, 9.17) is 9.47 Å². The maximum Gasteiger partial charge on any atom is 0.277 e. The Morgan fingerprint density at radius 3 is 2.47 bits per heavy atom. The number of hydrazone groups is 1. The molecule has 0 spiro atoms. The van der Waals surface area contributed by atoms with E-state index in [0.29, 0.717) is 22.7 Å². The highest BCUT2D eigenvalue weighted by Crippen LogP contribution is 2.45. The quantitative estimate of drug-likeness (QED) is 0.206. The lowest BCUT2D eigenvalue weighted by molar-refractivity contribution is -0.123. The molecule has 1 aliphatic rings. The Labute approximate surface area is 219 Å². The molecule has 0 bridgehead atoms. The van der Waals surface area contributed by atoms with Gasteiger partial charge in [-0.1, -0.05) is 60.7 Å². The van der Waals surface area contributed by atoms with Crippen LogP contribution in [0.3, 0.4) is 0 Å². The van der Waals surface area contributed by atoms with Crippen molar-refractivity contribution in [2.75, 3.05) is 18.1 Å². The van der Waals surface area contributed by atoms with Gasteiger partial charge in [-0.05, 0) is 52.2 Å². The zero-order valence-electron chi connectivity index (χ0n) is 19.6. The largest absolute Gasteiger partial charge is 0.488 e. The first kappa shape index (κ1) is 24.3. The van der Waals surface area contributed by atoms with Crippen LogP contribution in [0.4, 0.5) is 0 Å². The Kier molecular flexibility index (Phi) is 8.10. The van der Waals surface area contributed by atoms with Crippen LogP contribution in [-0.4, -0.2) is 30.2 Å². The second-order valence-corrected chi connectivity index (χ2v) is 11.0. The summed E-state index contributed by atoms with van der Waals surface area (Å²) in [5, 5.41) is 6.47. The molecule has 5 rings (SSSR count). The van der Waals surface area contributed by atoms with E-state index in [0.717, 1.165) is 11.1 Å². The number of rotatable bonds is 9. The third kappa shape index (κ3) is 6.42. The van der Waals surface area contributed by atoms with Gasteiger partial charge in [-0.25, -0.2) is 5.43 Å². The summed E-state index contributed by atoms with van der Waals surface area (Å²) in [5.41, 5.74) is 5.66. The zero-order chi connectivity index (χ0) is 24.6. The molecular formula is C29H26N2O3S2. The number of para-hydroxylation sites is 1. The molecule has 0 radical (unpaired) electrons. The van der Waals surface area contributed by atoms with E-state index in [9.17, 15) is 4.79 Å². The summed E-state index contributed by atoms with van der Waals surface area (Å²) in [6.45, 7) is 0.330. The van der Waals surface area contributed by atoms with Crippen LogP contribution in [-0.2, 0) is 11.4 Å². The number of benzene rings is 4. The Morgan fingerprint density at radius 2 is 1.64 bits per heavy atom. The van der Waals surface area contributed by atoms with E-state index in [1.807, 2.05) is 72.1 Å². The number of carbonyl (C=O) groups excluding carboxylic acids is 1. The Morgan fingerprint density at radius 1 is 0.889 bits per heavy atom. The smallest absolute Gasteiger partial charge is 0.277 e. The first-order valence-corrected chi connectivity index (χ1v) is 13.8. The van der Waals surface area contributed by atoms with Gasteiger partial charge in [0.15, 0.2) is 6.61 Å². The molecule has 0 aromatic heterocycles. The number of hydrogen-bond acceptors (Lipinski definition) is 6. The van der Waals surface area contributed by atoms with Gasteiger partial charge in [0.2, 0.25) is 0 Å². The van der Waals surface area contributed by atoms with E-state index in [1.165, 1.54) is 27.8 Å². The molecule has 1 N–H and O–H groups in total. The maximum atomic E-state index is 12.2. The van der Waals surface area contributed by atoms with Gasteiger partial charge in [0.25, 0.3) is 5.91 Å². The molecule has 7 heteroatoms. The van der Waals surface area contributed by atoms with Gasteiger partial charge >= 0.3 is 0 Å². The van der Waals surface area contributed by atoms with E-state index < -0.39 is 0 Å². The predicted molar refractivity (Wildman–Crippen MR) is 150 cm³/mol. The highest BCUT2D eigenvalue weighted by Gasteiger charge is 2.18. The average molecular weight is 515 g/mol. The molecule has 182 valence electrons. The number of carbonyl (C=O) groups is 1. The number of thioether (sulfide) groups is 2. The normalized spacial score (nSPS) is 13.8. The van der Waals surface area contributed by atoms with Crippen LogP contribution in [0.1, 0.15) is 21.3 Å². The average Bonchev–Trinajstić information content (AvgIpc) is 3.47. The summed E-state index contributed by atoms with van der Waals surface area (Å²) in [6, 6.07) is 30.1. The van der Waals surface area contributed by atoms with Crippen molar-refractivity contribution in [1.82, 2.24) is 5.43 Å². The Bertz CT molecular complexity index is 1350. The molecule has 1 amide bonds. The van der Waals surface area contributed by atoms with Crippen molar-refractivity contribution in [3.63, 3.8) is 0 Å². The minimum absolute atomic E-state index is 0.107. The number of fused-ring (bicyclic) bond motifs is 1. The molecule has 4 aromatic rings. The van der Waals surface area contributed by atoms with E-state index in [1.54, 1.807) is 6.21 Å². The minimum Gasteiger partial charge on any atom is -0.488 e. The summed E-state index contributed by atoms with van der Waals surface area (Å²) in [5.74, 6) is 3.41. The molecule has 0 aliphatic carbocycles. The topological polar surface area (TPSA) is 59.9 Å². The molecule has 0 saturated carbocycles. The van der Waals surface area contributed by atoms with Crippen molar-refractivity contribution in [3.8, 4) is 11.5 Å². The van der Waals surface area contributed by atoms with Crippen LogP contribution < -0.4 is 14.9 Å². The van der Waals surface area contributed by atoms with Crippen molar-refractivity contribution in [2.24, 2.45) is 5.10 Å². The molecule has 4 aromatic carbocycles. The molecule has 1 fully saturated rings. The van der Waals surface area contributed by atoms with Gasteiger partial charge in [-0.15, -0.1) is 23.5 Å². The van der Waals surface area contributed by atoms with Crippen molar-refractivity contribution in [3.05, 3.63) is 108 Å². The first-order chi connectivity index (χ1) is 17.7. The number of ether oxygens (including phenoxy) is 2. The molecule has 1 aliphatic heterocycles. The summed E-state index contributed by atoms with van der Waals surface area (Å²) in [4.78, 5) is 12.2. The molecule has 1 saturated heterocycles. The van der Waals surface area contributed by atoms with Gasteiger partial charge in [0.05, 0.1) is 10.8 Å². The van der Waals surface area contributed by atoms with Crippen LogP contribution in [0.2, 0.25) is 0 Å². The van der Waals surface area contributed by atoms with Crippen LogP contribution in [0.25, 0.3) is 10.8 Å². The van der Waals surface area contributed by atoms with Gasteiger partial charge in [0.1, 0.15) is 18.1 Å². The van der Waals surface area contributed by atoms with Gasteiger partial charge in [-0.2, -0.15) is 5.10 Å². The fourth-order valence-electron chi connectivity index (χ4n) is 3.84. The lowest BCUT2D eigenvalue weighted by atomic mass is 10.1. The fraction of sp³-hybridized carbons (Fsp3) is 0.172. The van der Waals surface area contributed by atoms with Crippen molar-refractivity contribution >= 4 is 46.4 Å². The second kappa shape index (κ2) is 12.0. The lowest BCUT2D eigenvalue weighted by Crippen LogP contribution is -2.24. The second-order valence-electron chi connectivity index (χ2n) is 8.23. The Balaban J connectivity index is 1.12. The van der Waals surface area contributed by atoms with Crippen LogP contribution in [0.5, 0.6) is 11.5 Å². The Hall–Kier alpha value is -3.42. The molecule has 0 atom stereocenters. The predicted octanol–water partition coefficient (Wildman–Crippen LogP) is 6.43. The van der Waals surface area contributed by atoms with Gasteiger partial charge < -0.3 is 9.47 Å². The molecular weight excluding hydrogens is 488 g/mol. The lowest BCUT2D eigenvalue weighted by Gasteiger charge is -2.10. The van der Waals surface area contributed by atoms with E-state index in [-0.39, 0.29) is 12.5 Å². The van der Waals surface area contributed by atoms with E-state index >= 15 is 0 Å². The summed E-state index contributed by atoms with van der Waals surface area (Å²) < 4.78 is 12.2. The molecule has 0 unspecified atom stereocenters. The van der Waals surface area contributed by atoms with Crippen LogP contribution in [0, 0.1) is 0 Å². The van der Waals surface area contributed by atoms with Gasteiger partial charge in [-0.3, -0.25) is 4.79 Å². The zero-order valence-corrected chi connectivity index (χ0v) is 21.3. The first-order valence-electron chi connectivity index (χ1n) is 11.7. The highest BCUT2D eigenvalue weighted by atomic mass is 32.2. The standard InChI is InChI=1S/C29H26N2O3S2/c32-28(20-33-26-13-11-23(12-14-26)29-35-15-16-36-29)31-30-18-25-7-3-4-8-27(25)34-19-21-9-10-22-5-1-2-6-24(22)17-21/h1-14,17-18,29H,15-16,19-20H2,(H,31,32)/b30-18-. The number of amides is 1. The number of nitrogens with one attached hydrogen (secondary N) is 1. The minimum atomic E-state index is -0.327. The summed E-state index contributed by atoms with van der Waals surface area (Å²) in [6.07, 6.45) is 1.58. The van der Waals surface area contributed by atoms with Crippen LogP contribution >= 0.6 is 23.5 Å². The maximum absolute atomic E-state index is 12.2. The summed E-state index contributed by atoms with van der Waals surface area (Å²) >= 11 is 3.93. The number of hydrogen-bond donors (Lipinski definition) is 1. The number of nitrogens with zero attached hydrogens (tertiary/aromatic N) is 1. The molecule has 5 nitrogen and oxygen atoms in total. The highest BCUT2D eigenvalue weighted by molar-refractivity contribution is 8.19. The van der Waals surface area contributed by atoms with E-state index in [2.05, 4.69) is 53.0 Å². The van der Waals surface area contributed by atoms with Crippen LogP contribution in [0.15, 0.2) is 96.1 Å². The third-order valence-electron chi connectivity index (χ3n) is 5.66. The van der Waals surface area contributed by atoms with Gasteiger partial charge in [0, 0.05) is 17.1 Å². The summed E-state index contributed by atoms with van der Waals surface area (Å²) in [7, 11) is 0. The monoisotopic (exact) mass is 514 g/mol. The fourth-order valence-corrected chi connectivity index (χ4v) is 6.69. The SMILES string of the molecule is O=C(COc1ccc(C2SCCS2)cc1)N/N=C\c1ccccc1OCc1ccc2ccccc2c1. The van der Waals surface area contributed by atoms with Crippen molar-refractivity contribution in [1.29, 1.82) is 0 Å². The van der Waals surface area contributed by atoms with Crippen molar-refractivity contribution < 1.29 is 14.3 Å². The third-order valence-corrected chi connectivity index (χ3v) is 8.77.